The summed E-state index contributed by atoms with van der Waals surface area (Å²) in [6.45, 7) is 3.79. The van der Waals surface area contributed by atoms with E-state index in [1.54, 1.807) is 13.0 Å². The molecule has 0 aliphatic heterocycles. The topological polar surface area (TPSA) is 102 Å². The minimum Gasteiger partial charge on any atom is -0.325 e. The second kappa shape index (κ2) is 7.51. The number of pyridine rings is 1. The van der Waals surface area contributed by atoms with Gasteiger partial charge in [0.05, 0.1) is 15.7 Å². The van der Waals surface area contributed by atoms with Crippen molar-refractivity contribution in [2.75, 3.05) is 5.32 Å². The lowest BCUT2D eigenvalue weighted by molar-refractivity contribution is -0.384. The predicted octanol–water partition coefficient (Wildman–Crippen LogP) is 4.22. The zero-order valence-electron chi connectivity index (χ0n) is 15.7. The third-order valence-electron chi connectivity index (χ3n) is 4.55. The van der Waals surface area contributed by atoms with E-state index in [1.165, 1.54) is 30.0 Å². The minimum atomic E-state index is -0.497. The van der Waals surface area contributed by atoms with Gasteiger partial charge in [0.15, 0.2) is 10.8 Å². The van der Waals surface area contributed by atoms with E-state index in [0.717, 1.165) is 22.1 Å². The lowest BCUT2D eigenvalue weighted by Crippen LogP contribution is -2.22. The molecule has 2 aromatic carbocycles. The molecule has 1 amide bonds. The second-order valence-electron chi connectivity index (χ2n) is 6.58. The van der Waals surface area contributed by atoms with E-state index in [9.17, 15) is 14.9 Å². The Bertz CT molecular complexity index is 1250. The number of amides is 1. The molecule has 0 spiro atoms. The Morgan fingerprint density at radius 3 is 2.76 bits per heavy atom. The summed E-state index contributed by atoms with van der Waals surface area (Å²) in [6, 6.07) is 15.8. The summed E-state index contributed by atoms with van der Waals surface area (Å²) in [7, 11) is 0. The number of para-hydroxylation sites is 1. The Hall–Kier alpha value is -3.46. The van der Waals surface area contributed by atoms with E-state index in [1.807, 2.05) is 41.7 Å². The van der Waals surface area contributed by atoms with Crippen LogP contribution < -0.4 is 5.32 Å². The molecule has 0 bridgehead atoms. The maximum Gasteiger partial charge on any atom is 0.271 e. The number of thioether (sulfide) groups is 1. The highest BCUT2D eigenvalue weighted by atomic mass is 32.2. The Kier molecular flexibility index (Phi) is 4.89. The fourth-order valence-corrected chi connectivity index (χ4v) is 3.97. The van der Waals surface area contributed by atoms with Crippen LogP contribution in [0.25, 0.3) is 16.6 Å². The molecule has 0 fully saturated rings. The van der Waals surface area contributed by atoms with Crippen LogP contribution in [-0.2, 0) is 4.79 Å². The number of aromatic nitrogens is 3. The van der Waals surface area contributed by atoms with Gasteiger partial charge in [0.2, 0.25) is 5.91 Å². The number of rotatable bonds is 5. The minimum absolute atomic E-state index is 0.0756. The van der Waals surface area contributed by atoms with Crippen molar-refractivity contribution in [1.82, 2.24) is 14.6 Å². The molecule has 0 aliphatic rings. The maximum absolute atomic E-state index is 12.6. The van der Waals surface area contributed by atoms with Crippen molar-refractivity contribution in [3.63, 3.8) is 0 Å². The van der Waals surface area contributed by atoms with Crippen LogP contribution in [0, 0.1) is 17.0 Å². The van der Waals surface area contributed by atoms with Crippen LogP contribution in [0.1, 0.15) is 12.5 Å². The normalized spacial score (nSPS) is 12.2. The number of aryl methyl sites for hydroxylation is 1. The molecule has 29 heavy (non-hydrogen) atoms. The van der Waals surface area contributed by atoms with Crippen LogP contribution >= 0.6 is 11.8 Å². The van der Waals surface area contributed by atoms with Crippen LogP contribution in [0.2, 0.25) is 0 Å². The van der Waals surface area contributed by atoms with Gasteiger partial charge in [-0.1, -0.05) is 36.0 Å². The second-order valence-corrected chi connectivity index (χ2v) is 7.89. The van der Waals surface area contributed by atoms with Crippen molar-refractivity contribution >= 4 is 45.6 Å². The van der Waals surface area contributed by atoms with Crippen LogP contribution in [0.15, 0.2) is 59.8 Å². The fraction of sp³-hybridized carbons (Fsp3) is 0.150. The first-order valence-electron chi connectivity index (χ1n) is 8.89. The summed E-state index contributed by atoms with van der Waals surface area (Å²) in [5.74, 6) is -0.274. The molecule has 0 unspecified atom stereocenters. The molecule has 2 aromatic heterocycles. The van der Waals surface area contributed by atoms with E-state index in [2.05, 4.69) is 15.5 Å². The molecule has 0 aliphatic carbocycles. The smallest absolute Gasteiger partial charge is 0.271 e. The predicted molar refractivity (Wildman–Crippen MR) is 112 cm³/mol. The highest BCUT2D eigenvalue weighted by molar-refractivity contribution is 8.00. The van der Waals surface area contributed by atoms with Crippen LogP contribution in [-0.4, -0.2) is 30.7 Å². The van der Waals surface area contributed by atoms with Crippen molar-refractivity contribution in [2.24, 2.45) is 0 Å². The first kappa shape index (κ1) is 18.9. The summed E-state index contributed by atoms with van der Waals surface area (Å²) < 4.78 is 1.93. The number of fused-ring (bicyclic) bond motifs is 3. The highest BCUT2D eigenvalue weighted by Gasteiger charge is 2.20. The van der Waals surface area contributed by atoms with E-state index in [0.29, 0.717) is 10.8 Å². The quantitative estimate of drug-likeness (QED) is 0.302. The largest absolute Gasteiger partial charge is 0.325 e. The molecular weight excluding hydrogens is 390 g/mol. The lowest BCUT2D eigenvalue weighted by Gasteiger charge is -2.12. The first-order valence-corrected chi connectivity index (χ1v) is 9.77. The average Bonchev–Trinajstić information content (AvgIpc) is 3.10. The van der Waals surface area contributed by atoms with Crippen LogP contribution in [0.4, 0.5) is 11.4 Å². The van der Waals surface area contributed by atoms with Gasteiger partial charge >= 0.3 is 0 Å². The molecule has 0 radical (unpaired) electrons. The van der Waals surface area contributed by atoms with Gasteiger partial charge in [-0.25, -0.2) is 0 Å². The number of nitrogens with one attached hydrogen (secondary N) is 1. The van der Waals surface area contributed by atoms with Gasteiger partial charge in [-0.2, -0.15) is 0 Å². The van der Waals surface area contributed by atoms with Crippen LogP contribution in [0.5, 0.6) is 0 Å². The van der Waals surface area contributed by atoms with Gasteiger partial charge in [0.1, 0.15) is 0 Å². The summed E-state index contributed by atoms with van der Waals surface area (Å²) in [6.07, 6.45) is 0. The monoisotopic (exact) mass is 407 g/mol. The van der Waals surface area contributed by atoms with Gasteiger partial charge in [-0.15, -0.1) is 10.2 Å². The number of benzene rings is 2. The average molecular weight is 407 g/mol. The standard InChI is InChI=1S/C20H17N5O3S/c1-12-10-18-22-23-20(24(18)17-9-4-3-8-16(12)17)29-13(2)19(26)21-14-6-5-7-15(11-14)25(27)28/h3-11,13H,1-2H3,(H,21,26)/t13-/m1/s1. The molecule has 146 valence electrons. The number of nitro groups is 1. The number of carbonyl (C=O) groups is 1. The van der Waals surface area contributed by atoms with E-state index >= 15 is 0 Å². The van der Waals surface area contributed by atoms with Gasteiger partial charge < -0.3 is 5.32 Å². The van der Waals surface area contributed by atoms with Crippen LogP contribution in [0.3, 0.4) is 0 Å². The molecule has 4 aromatic rings. The molecule has 4 rings (SSSR count). The number of hydrogen-bond donors (Lipinski definition) is 1. The first-order chi connectivity index (χ1) is 13.9. The molecule has 1 N–H and O–H groups in total. The Labute approximate surface area is 170 Å². The summed E-state index contributed by atoms with van der Waals surface area (Å²) in [4.78, 5) is 23.0. The molecular formula is C20H17N5O3S. The van der Waals surface area contributed by atoms with Crippen molar-refractivity contribution in [3.05, 3.63) is 70.3 Å². The number of non-ortho nitro benzene ring substituents is 1. The number of hydrogen-bond acceptors (Lipinski definition) is 6. The summed E-state index contributed by atoms with van der Waals surface area (Å²) in [5.41, 5.74) is 3.10. The SMILES string of the molecule is Cc1cc2nnc(S[C@H](C)C(=O)Nc3cccc([N+](=O)[O-])c3)n2c2ccccc12. The molecule has 0 saturated carbocycles. The lowest BCUT2D eigenvalue weighted by atomic mass is 10.1. The zero-order valence-corrected chi connectivity index (χ0v) is 16.5. The zero-order chi connectivity index (χ0) is 20.5. The number of anilines is 1. The summed E-state index contributed by atoms with van der Waals surface area (Å²) in [5, 5.41) is 23.4. The number of nitro benzene ring substituents is 1. The molecule has 2 heterocycles. The number of carbonyl (C=O) groups excluding carboxylic acids is 1. The summed E-state index contributed by atoms with van der Waals surface area (Å²) >= 11 is 1.28. The van der Waals surface area contributed by atoms with E-state index < -0.39 is 10.2 Å². The number of nitrogens with zero attached hydrogens (tertiary/aromatic N) is 4. The Morgan fingerprint density at radius 1 is 1.17 bits per heavy atom. The molecule has 0 saturated heterocycles. The molecule has 8 nitrogen and oxygen atoms in total. The maximum atomic E-state index is 12.6. The third-order valence-corrected chi connectivity index (χ3v) is 5.59. The van der Waals surface area contributed by atoms with Gasteiger partial charge in [-0.3, -0.25) is 19.3 Å². The molecule has 1 atom stereocenters. The van der Waals surface area contributed by atoms with Crippen molar-refractivity contribution in [2.45, 2.75) is 24.3 Å². The van der Waals surface area contributed by atoms with Gasteiger partial charge in [-0.05, 0) is 37.6 Å². The Balaban J connectivity index is 1.60. The van der Waals surface area contributed by atoms with Crippen molar-refractivity contribution in [1.29, 1.82) is 0 Å². The third kappa shape index (κ3) is 3.64. The molecule has 9 heteroatoms. The highest BCUT2D eigenvalue weighted by Crippen LogP contribution is 2.28. The van der Waals surface area contributed by atoms with E-state index in [4.69, 9.17) is 0 Å². The van der Waals surface area contributed by atoms with Crippen molar-refractivity contribution < 1.29 is 9.72 Å². The Morgan fingerprint density at radius 2 is 1.97 bits per heavy atom. The van der Waals surface area contributed by atoms with E-state index in [-0.39, 0.29) is 11.6 Å². The van der Waals surface area contributed by atoms with Crippen molar-refractivity contribution in [3.8, 4) is 0 Å². The van der Waals surface area contributed by atoms with Gasteiger partial charge in [0, 0.05) is 23.2 Å². The van der Waals surface area contributed by atoms with Gasteiger partial charge in [0.25, 0.3) is 5.69 Å². The fourth-order valence-electron chi connectivity index (χ4n) is 3.10.